The zero-order valence-electron chi connectivity index (χ0n) is 18.5. The van der Waals surface area contributed by atoms with E-state index in [9.17, 15) is 9.59 Å². The topological polar surface area (TPSA) is 55.4 Å². The zero-order chi connectivity index (χ0) is 23.3. The van der Waals surface area contributed by atoms with Crippen molar-refractivity contribution in [3.63, 3.8) is 0 Å². The van der Waals surface area contributed by atoms with Gasteiger partial charge in [-0.15, -0.1) is 5.54 Å². The van der Waals surface area contributed by atoms with E-state index in [4.69, 9.17) is 16.3 Å². The van der Waals surface area contributed by atoms with Crippen LogP contribution in [0.3, 0.4) is 0 Å². The Bertz CT molecular complexity index is 1220. The minimum atomic E-state index is -1.64. The highest BCUT2D eigenvalue weighted by Gasteiger charge is 2.18. The van der Waals surface area contributed by atoms with Crippen molar-refractivity contribution in [1.29, 1.82) is 0 Å². The second kappa shape index (κ2) is 9.86. The molecule has 4 nitrogen and oxygen atoms in total. The molecule has 0 fully saturated rings. The molecule has 1 N–H and O–H groups in total. The third-order valence-corrected chi connectivity index (χ3v) is 5.75. The number of anilines is 1. The molecule has 0 saturated heterocycles. The summed E-state index contributed by atoms with van der Waals surface area (Å²) in [6.07, 6.45) is 0. The SMILES string of the molecule is COC(=O)c1cc(C#C[Si](C)(C)C)c(Cl)cc1NC(=O)c1cccc(-c2ccccc2)c1. The quantitative estimate of drug-likeness (QED) is 0.283. The van der Waals surface area contributed by atoms with E-state index >= 15 is 0 Å². The summed E-state index contributed by atoms with van der Waals surface area (Å²) in [4.78, 5) is 25.4. The van der Waals surface area contributed by atoms with Crippen LogP contribution in [0, 0.1) is 11.5 Å². The lowest BCUT2D eigenvalue weighted by atomic mass is 10.0. The first-order valence-electron chi connectivity index (χ1n) is 10.1. The highest BCUT2D eigenvalue weighted by molar-refractivity contribution is 6.83. The number of esters is 1. The lowest BCUT2D eigenvalue weighted by molar-refractivity contribution is 0.0602. The van der Waals surface area contributed by atoms with Crippen LogP contribution in [-0.2, 0) is 4.74 Å². The molecule has 3 aromatic rings. The average molecular weight is 462 g/mol. The number of carbonyl (C=O) groups excluding carboxylic acids is 2. The fraction of sp³-hybridized carbons (Fsp3) is 0.154. The van der Waals surface area contributed by atoms with E-state index < -0.39 is 14.0 Å². The number of rotatable bonds is 4. The number of ether oxygens (including phenoxy) is 1. The number of nitrogens with one attached hydrogen (secondary N) is 1. The van der Waals surface area contributed by atoms with E-state index in [1.54, 1.807) is 24.3 Å². The molecule has 0 bridgehead atoms. The van der Waals surface area contributed by atoms with Gasteiger partial charge in [-0.25, -0.2) is 4.79 Å². The number of methoxy groups -OCH3 is 1. The van der Waals surface area contributed by atoms with Crippen molar-refractivity contribution in [3.8, 4) is 22.6 Å². The molecule has 0 aliphatic carbocycles. The van der Waals surface area contributed by atoms with Crippen LogP contribution in [0.1, 0.15) is 26.3 Å². The number of benzene rings is 3. The fourth-order valence-corrected chi connectivity index (χ4v) is 3.69. The van der Waals surface area contributed by atoms with Gasteiger partial charge in [-0.3, -0.25) is 4.79 Å². The number of hydrogen-bond donors (Lipinski definition) is 1. The first-order valence-corrected chi connectivity index (χ1v) is 14.0. The van der Waals surface area contributed by atoms with Gasteiger partial charge in [0.25, 0.3) is 5.91 Å². The highest BCUT2D eigenvalue weighted by atomic mass is 35.5. The van der Waals surface area contributed by atoms with Crippen molar-refractivity contribution in [3.05, 3.63) is 88.4 Å². The standard InChI is InChI=1S/C26H24ClNO3Si/c1-31-26(30)22-16-20(13-14-32(2,3)4)23(27)17-24(22)28-25(29)21-12-8-11-19(15-21)18-9-6-5-7-10-18/h5-12,15-17H,1-4H3,(H,28,29). The Balaban J connectivity index is 1.96. The molecule has 0 heterocycles. The largest absolute Gasteiger partial charge is 0.465 e. The Morgan fingerprint density at radius 3 is 2.28 bits per heavy atom. The van der Waals surface area contributed by atoms with E-state index in [1.165, 1.54) is 7.11 Å². The smallest absolute Gasteiger partial charge is 0.340 e. The second-order valence-electron chi connectivity index (χ2n) is 8.27. The second-order valence-corrected chi connectivity index (χ2v) is 13.4. The summed E-state index contributed by atoms with van der Waals surface area (Å²) in [7, 11) is -0.348. The van der Waals surface area contributed by atoms with E-state index in [0.29, 0.717) is 16.1 Å². The molecule has 1 amide bonds. The van der Waals surface area contributed by atoms with Gasteiger partial charge in [-0.05, 0) is 35.4 Å². The summed E-state index contributed by atoms with van der Waals surface area (Å²) in [6.45, 7) is 6.35. The Morgan fingerprint density at radius 1 is 0.938 bits per heavy atom. The molecule has 0 aliphatic heterocycles. The summed E-state index contributed by atoms with van der Waals surface area (Å²) in [5.74, 6) is 2.14. The molecule has 0 aliphatic rings. The van der Waals surface area contributed by atoms with Gasteiger partial charge in [0.15, 0.2) is 0 Å². The molecule has 0 spiro atoms. The maximum Gasteiger partial charge on any atom is 0.340 e. The highest BCUT2D eigenvalue weighted by Crippen LogP contribution is 2.27. The van der Waals surface area contributed by atoms with Gasteiger partial charge in [0.05, 0.1) is 23.4 Å². The molecule has 3 rings (SSSR count). The van der Waals surface area contributed by atoms with Gasteiger partial charge in [-0.2, -0.15) is 0 Å². The van der Waals surface area contributed by atoms with Crippen LogP contribution in [-0.4, -0.2) is 27.1 Å². The first-order chi connectivity index (χ1) is 15.2. The molecule has 0 unspecified atom stereocenters. The Morgan fingerprint density at radius 2 is 1.62 bits per heavy atom. The van der Waals surface area contributed by atoms with E-state index in [2.05, 4.69) is 36.4 Å². The molecular weight excluding hydrogens is 438 g/mol. The summed E-state index contributed by atoms with van der Waals surface area (Å²) in [6, 6.07) is 20.2. The van der Waals surface area contributed by atoms with Gasteiger partial charge in [0.2, 0.25) is 0 Å². The minimum Gasteiger partial charge on any atom is -0.465 e. The predicted octanol–water partition coefficient (Wildman–Crippen LogP) is 6.27. The van der Waals surface area contributed by atoms with Gasteiger partial charge in [-0.1, -0.05) is 79.6 Å². The fourth-order valence-electron chi connectivity index (χ4n) is 2.97. The molecule has 32 heavy (non-hydrogen) atoms. The number of hydrogen-bond acceptors (Lipinski definition) is 3. The van der Waals surface area contributed by atoms with E-state index in [0.717, 1.165) is 11.1 Å². The normalized spacial score (nSPS) is 10.7. The predicted molar refractivity (Wildman–Crippen MR) is 133 cm³/mol. The third kappa shape index (κ3) is 5.88. The minimum absolute atomic E-state index is 0.198. The molecule has 6 heteroatoms. The first kappa shape index (κ1) is 23.3. The van der Waals surface area contributed by atoms with Crippen molar-refractivity contribution in [2.45, 2.75) is 19.6 Å². The van der Waals surface area contributed by atoms with Gasteiger partial charge in [0, 0.05) is 11.1 Å². The van der Waals surface area contributed by atoms with Gasteiger partial charge in [0.1, 0.15) is 8.07 Å². The maximum atomic E-state index is 13.0. The van der Waals surface area contributed by atoms with Crippen molar-refractivity contribution >= 4 is 37.2 Å². The zero-order valence-corrected chi connectivity index (χ0v) is 20.2. The van der Waals surface area contributed by atoms with Crippen molar-refractivity contribution in [2.24, 2.45) is 0 Å². The molecule has 3 aromatic carbocycles. The van der Waals surface area contributed by atoms with Crippen LogP contribution >= 0.6 is 11.6 Å². The van der Waals surface area contributed by atoms with Crippen LogP contribution in [0.25, 0.3) is 11.1 Å². The summed E-state index contributed by atoms with van der Waals surface area (Å²) < 4.78 is 4.91. The van der Waals surface area contributed by atoms with Crippen molar-refractivity contribution in [2.75, 3.05) is 12.4 Å². The van der Waals surface area contributed by atoms with Crippen LogP contribution in [0.4, 0.5) is 5.69 Å². The Hall–Kier alpha value is -3.33. The van der Waals surface area contributed by atoms with E-state index in [1.807, 2.05) is 42.5 Å². The maximum absolute atomic E-state index is 13.0. The summed E-state index contributed by atoms with van der Waals surface area (Å²) in [5, 5.41) is 3.16. The number of amides is 1. The van der Waals surface area contributed by atoms with Gasteiger partial charge < -0.3 is 10.1 Å². The van der Waals surface area contributed by atoms with Crippen LogP contribution in [0.2, 0.25) is 24.7 Å². The average Bonchev–Trinajstić information content (AvgIpc) is 2.78. The lowest BCUT2D eigenvalue weighted by Gasteiger charge is -2.13. The summed E-state index contributed by atoms with van der Waals surface area (Å²) in [5.41, 5.74) is 6.62. The molecule has 0 saturated carbocycles. The molecule has 0 radical (unpaired) electrons. The third-order valence-electron chi connectivity index (χ3n) is 4.56. The number of carbonyl (C=O) groups is 2. The molecule has 0 aromatic heterocycles. The Kier molecular flexibility index (Phi) is 7.19. The monoisotopic (exact) mass is 461 g/mol. The van der Waals surface area contributed by atoms with Crippen LogP contribution in [0.15, 0.2) is 66.7 Å². The molecule has 0 atom stereocenters. The van der Waals surface area contributed by atoms with Crippen molar-refractivity contribution in [1.82, 2.24) is 0 Å². The lowest BCUT2D eigenvalue weighted by Crippen LogP contribution is -2.17. The van der Waals surface area contributed by atoms with E-state index in [-0.39, 0.29) is 17.2 Å². The summed E-state index contributed by atoms with van der Waals surface area (Å²) >= 11 is 6.42. The molecular formula is C26H24ClNO3Si. The van der Waals surface area contributed by atoms with Crippen LogP contribution in [0.5, 0.6) is 0 Å². The Labute approximate surface area is 194 Å². The molecule has 162 valence electrons. The van der Waals surface area contributed by atoms with Crippen molar-refractivity contribution < 1.29 is 14.3 Å². The van der Waals surface area contributed by atoms with Crippen LogP contribution < -0.4 is 5.32 Å². The number of halogens is 1. The van der Waals surface area contributed by atoms with Gasteiger partial charge >= 0.3 is 5.97 Å².